The van der Waals surface area contributed by atoms with Gasteiger partial charge >= 0.3 is 0 Å². The van der Waals surface area contributed by atoms with Gasteiger partial charge in [0.25, 0.3) is 0 Å². The molecule has 27 heavy (non-hydrogen) atoms. The third-order valence-corrected chi connectivity index (χ3v) is 4.43. The first-order chi connectivity index (χ1) is 13.3. The zero-order chi connectivity index (χ0) is 18.2. The quantitative estimate of drug-likeness (QED) is 0.498. The van der Waals surface area contributed by atoms with Crippen LogP contribution in [0.2, 0.25) is 0 Å². The molecular formula is C21H15N5O. The molecule has 0 saturated carbocycles. The highest BCUT2D eigenvalue weighted by Gasteiger charge is 2.12. The van der Waals surface area contributed by atoms with Crippen LogP contribution in [0, 0.1) is 6.92 Å². The van der Waals surface area contributed by atoms with Gasteiger partial charge in [0.05, 0.1) is 16.9 Å². The lowest BCUT2D eigenvalue weighted by Gasteiger charge is -2.11. The van der Waals surface area contributed by atoms with Gasteiger partial charge in [-0.2, -0.15) is 0 Å². The van der Waals surface area contributed by atoms with Crippen LogP contribution >= 0.6 is 0 Å². The molecule has 1 N–H and O–H groups in total. The summed E-state index contributed by atoms with van der Waals surface area (Å²) >= 11 is 0. The molecule has 6 nitrogen and oxygen atoms in total. The van der Waals surface area contributed by atoms with Gasteiger partial charge in [0.1, 0.15) is 5.52 Å². The van der Waals surface area contributed by atoms with E-state index in [9.17, 15) is 0 Å². The van der Waals surface area contributed by atoms with Crippen molar-refractivity contribution in [2.24, 2.45) is 0 Å². The Labute approximate surface area is 154 Å². The summed E-state index contributed by atoms with van der Waals surface area (Å²) < 4.78 is 4.84. The average molecular weight is 353 g/mol. The van der Waals surface area contributed by atoms with Gasteiger partial charge in [-0.3, -0.25) is 0 Å². The van der Waals surface area contributed by atoms with E-state index in [-0.39, 0.29) is 0 Å². The van der Waals surface area contributed by atoms with Crippen LogP contribution in [-0.2, 0) is 0 Å². The fourth-order valence-corrected chi connectivity index (χ4v) is 3.14. The van der Waals surface area contributed by atoms with Crippen LogP contribution in [0.4, 0.5) is 11.6 Å². The molecule has 5 rings (SSSR count). The van der Waals surface area contributed by atoms with E-state index in [0.717, 1.165) is 27.8 Å². The van der Waals surface area contributed by atoms with Crippen molar-refractivity contribution in [1.29, 1.82) is 0 Å². The molecule has 2 aromatic heterocycles. The topological polar surface area (TPSA) is 76.7 Å². The van der Waals surface area contributed by atoms with Gasteiger partial charge in [0.15, 0.2) is 5.52 Å². The van der Waals surface area contributed by atoms with E-state index in [1.807, 2.05) is 42.5 Å². The van der Waals surface area contributed by atoms with Gasteiger partial charge in [-0.1, -0.05) is 48.0 Å². The highest BCUT2D eigenvalue weighted by atomic mass is 16.6. The zero-order valence-electron chi connectivity index (χ0n) is 14.5. The summed E-state index contributed by atoms with van der Waals surface area (Å²) in [5, 5.41) is 12.1. The molecule has 0 atom stereocenters. The number of rotatable bonds is 3. The summed E-state index contributed by atoms with van der Waals surface area (Å²) in [6.45, 7) is 2.07. The standard InChI is InChI=1S/C21H15N5O/c1-13-10-11-16-15(12-13)19(14-6-3-2-4-7-14)24-21(22-16)23-17-8-5-9-18-20(17)26-27-25-18/h2-12H,1H3,(H,22,23,24). The Bertz CT molecular complexity index is 1260. The number of fused-ring (bicyclic) bond motifs is 2. The van der Waals surface area contributed by atoms with E-state index >= 15 is 0 Å². The molecule has 0 aliphatic carbocycles. The monoisotopic (exact) mass is 353 g/mol. The van der Waals surface area contributed by atoms with Crippen LogP contribution in [0.1, 0.15) is 5.56 Å². The molecule has 0 unspecified atom stereocenters. The molecule has 0 aliphatic heterocycles. The normalized spacial score (nSPS) is 11.1. The first-order valence-electron chi connectivity index (χ1n) is 8.60. The van der Waals surface area contributed by atoms with Gasteiger partial charge in [-0.25, -0.2) is 14.6 Å². The molecule has 6 heteroatoms. The van der Waals surface area contributed by atoms with Crippen LogP contribution < -0.4 is 5.32 Å². The summed E-state index contributed by atoms with van der Waals surface area (Å²) in [7, 11) is 0. The lowest BCUT2D eigenvalue weighted by molar-refractivity contribution is 0.315. The van der Waals surface area contributed by atoms with E-state index in [1.165, 1.54) is 5.56 Å². The Morgan fingerprint density at radius 2 is 1.70 bits per heavy atom. The third-order valence-electron chi connectivity index (χ3n) is 4.43. The minimum absolute atomic E-state index is 0.501. The Morgan fingerprint density at radius 1 is 0.815 bits per heavy atom. The van der Waals surface area contributed by atoms with Crippen molar-refractivity contribution in [3.63, 3.8) is 0 Å². The second kappa shape index (κ2) is 6.17. The molecule has 0 spiro atoms. The smallest absolute Gasteiger partial charge is 0.228 e. The van der Waals surface area contributed by atoms with Gasteiger partial charge < -0.3 is 5.32 Å². The lowest BCUT2D eigenvalue weighted by atomic mass is 10.0. The number of anilines is 2. The average Bonchev–Trinajstić information content (AvgIpc) is 3.18. The maximum atomic E-state index is 4.84. The Morgan fingerprint density at radius 3 is 2.59 bits per heavy atom. The Kier molecular flexibility index (Phi) is 3.53. The van der Waals surface area contributed by atoms with Crippen molar-refractivity contribution in [2.45, 2.75) is 6.92 Å². The summed E-state index contributed by atoms with van der Waals surface area (Å²) in [5.74, 6) is 0.501. The molecular weight excluding hydrogens is 338 g/mol. The molecule has 0 aliphatic rings. The maximum Gasteiger partial charge on any atom is 0.228 e. The molecule has 0 fully saturated rings. The fraction of sp³-hybridized carbons (Fsp3) is 0.0476. The highest BCUT2D eigenvalue weighted by molar-refractivity contribution is 5.94. The van der Waals surface area contributed by atoms with E-state index in [0.29, 0.717) is 17.0 Å². The van der Waals surface area contributed by atoms with Crippen molar-refractivity contribution in [1.82, 2.24) is 20.3 Å². The zero-order valence-corrected chi connectivity index (χ0v) is 14.5. The van der Waals surface area contributed by atoms with Crippen LogP contribution in [0.15, 0.2) is 71.4 Å². The number of hydrogen-bond donors (Lipinski definition) is 1. The summed E-state index contributed by atoms with van der Waals surface area (Å²) in [5.41, 5.74) is 6.05. The first kappa shape index (κ1) is 15.5. The Balaban J connectivity index is 1.69. The van der Waals surface area contributed by atoms with Crippen molar-refractivity contribution in [3.05, 3.63) is 72.3 Å². The van der Waals surface area contributed by atoms with E-state index in [2.05, 4.69) is 51.8 Å². The molecule has 0 saturated heterocycles. The van der Waals surface area contributed by atoms with Crippen molar-refractivity contribution >= 4 is 33.6 Å². The van der Waals surface area contributed by atoms with Crippen molar-refractivity contribution < 1.29 is 4.63 Å². The van der Waals surface area contributed by atoms with Gasteiger partial charge in [0.2, 0.25) is 5.95 Å². The minimum atomic E-state index is 0.501. The summed E-state index contributed by atoms with van der Waals surface area (Å²) in [6, 6.07) is 21.9. The number of nitrogens with one attached hydrogen (secondary N) is 1. The SMILES string of the molecule is Cc1ccc2nc(Nc3cccc4nonc34)nc(-c3ccccc3)c2c1. The van der Waals surface area contributed by atoms with Crippen LogP contribution in [0.5, 0.6) is 0 Å². The number of aryl methyl sites for hydroxylation is 1. The second-order valence-electron chi connectivity index (χ2n) is 6.34. The third kappa shape index (κ3) is 2.77. The molecule has 3 aromatic carbocycles. The lowest BCUT2D eigenvalue weighted by Crippen LogP contribution is -2.00. The first-order valence-corrected chi connectivity index (χ1v) is 8.60. The largest absolute Gasteiger partial charge is 0.322 e. The maximum absolute atomic E-state index is 4.84. The van der Waals surface area contributed by atoms with Crippen molar-refractivity contribution in [3.8, 4) is 11.3 Å². The second-order valence-corrected chi connectivity index (χ2v) is 6.34. The predicted molar refractivity (Wildman–Crippen MR) is 105 cm³/mol. The summed E-state index contributed by atoms with van der Waals surface area (Å²) in [6.07, 6.45) is 0. The van der Waals surface area contributed by atoms with E-state index in [4.69, 9.17) is 9.61 Å². The van der Waals surface area contributed by atoms with Gasteiger partial charge in [-0.05, 0) is 41.5 Å². The molecule has 2 heterocycles. The number of nitrogens with zero attached hydrogens (tertiary/aromatic N) is 4. The summed E-state index contributed by atoms with van der Waals surface area (Å²) in [4.78, 5) is 9.49. The number of hydrogen-bond acceptors (Lipinski definition) is 6. The van der Waals surface area contributed by atoms with Gasteiger partial charge in [-0.15, -0.1) is 0 Å². The molecule has 0 radical (unpaired) electrons. The molecule has 130 valence electrons. The van der Waals surface area contributed by atoms with E-state index in [1.54, 1.807) is 0 Å². The molecule has 0 bridgehead atoms. The molecule has 0 amide bonds. The van der Waals surface area contributed by atoms with E-state index < -0.39 is 0 Å². The molecule has 5 aromatic rings. The number of benzene rings is 3. The Hall–Kier alpha value is -3.80. The van der Waals surface area contributed by atoms with Crippen LogP contribution in [0.25, 0.3) is 33.2 Å². The van der Waals surface area contributed by atoms with Crippen LogP contribution in [0.3, 0.4) is 0 Å². The minimum Gasteiger partial charge on any atom is -0.322 e. The van der Waals surface area contributed by atoms with Crippen molar-refractivity contribution in [2.75, 3.05) is 5.32 Å². The fourth-order valence-electron chi connectivity index (χ4n) is 3.14. The highest BCUT2D eigenvalue weighted by Crippen LogP contribution is 2.30. The predicted octanol–water partition coefficient (Wildman–Crippen LogP) is 4.89. The van der Waals surface area contributed by atoms with Crippen LogP contribution in [-0.4, -0.2) is 20.3 Å². The van der Waals surface area contributed by atoms with Gasteiger partial charge in [0, 0.05) is 10.9 Å². The number of aromatic nitrogens is 4.